The van der Waals surface area contributed by atoms with Crippen molar-refractivity contribution in [1.82, 2.24) is 0 Å². The molecule has 0 heterocycles. The second-order valence-corrected chi connectivity index (χ2v) is 6.55. The van der Waals surface area contributed by atoms with E-state index >= 15 is 0 Å². The van der Waals surface area contributed by atoms with Crippen LogP contribution in [0.2, 0.25) is 0 Å². The third-order valence-corrected chi connectivity index (χ3v) is 4.80. The second kappa shape index (κ2) is 9.83. The molecule has 0 aliphatic carbocycles. The van der Waals surface area contributed by atoms with Gasteiger partial charge in [0.05, 0.1) is 26.2 Å². The fraction of sp³-hybridized carbons (Fsp3) is 1.00. The average molecular weight is 256 g/mol. The summed E-state index contributed by atoms with van der Waals surface area (Å²) < 4.78 is 1.37. The Balaban J connectivity index is 4.34. The smallest absolute Gasteiger partial charge is 0.0789 e. The Morgan fingerprint density at radius 2 is 1.44 bits per heavy atom. The minimum Gasteiger partial charge on any atom is -0.324 e. The molecule has 0 amide bonds. The summed E-state index contributed by atoms with van der Waals surface area (Å²) >= 11 is 0. The van der Waals surface area contributed by atoms with Crippen molar-refractivity contribution in [2.45, 2.75) is 73.6 Å². The van der Waals surface area contributed by atoms with Crippen LogP contribution in [0.3, 0.4) is 0 Å². The first-order valence-corrected chi connectivity index (χ1v) is 8.36. The molecule has 0 fully saturated rings. The van der Waals surface area contributed by atoms with Crippen molar-refractivity contribution in [3.05, 3.63) is 0 Å². The zero-order valence-electron chi connectivity index (χ0n) is 14.0. The van der Waals surface area contributed by atoms with Crippen LogP contribution in [0.5, 0.6) is 0 Å². The van der Waals surface area contributed by atoms with Gasteiger partial charge in [0.1, 0.15) is 0 Å². The minimum absolute atomic E-state index is 0.834. The molecule has 1 nitrogen and oxygen atoms in total. The Bertz CT molecular complexity index is 188. The van der Waals surface area contributed by atoms with E-state index in [4.69, 9.17) is 0 Å². The Morgan fingerprint density at radius 3 is 1.89 bits per heavy atom. The van der Waals surface area contributed by atoms with Gasteiger partial charge in [-0.25, -0.2) is 0 Å². The molecule has 0 bridgehead atoms. The molecule has 0 spiro atoms. The number of hydrogen-bond donors (Lipinski definition) is 0. The molecule has 0 saturated carbocycles. The van der Waals surface area contributed by atoms with Gasteiger partial charge in [-0.1, -0.05) is 41.0 Å². The van der Waals surface area contributed by atoms with Crippen molar-refractivity contribution in [1.29, 1.82) is 0 Å². The molecule has 0 rings (SSSR count). The van der Waals surface area contributed by atoms with Gasteiger partial charge in [-0.05, 0) is 44.4 Å². The second-order valence-electron chi connectivity index (χ2n) is 6.55. The molecule has 110 valence electrons. The van der Waals surface area contributed by atoms with Crippen LogP contribution in [-0.2, 0) is 0 Å². The molecular weight excluding hydrogens is 218 g/mol. The number of quaternary nitrogens is 1. The van der Waals surface area contributed by atoms with Crippen LogP contribution in [0.1, 0.15) is 73.6 Å². The van der Waals surface area contributed by atoms with Crippen LogP contribution < -0.4 is 0 Å². The third kappa shape index (κ3) is 6.78. The summed E-state index contributed by atoms with van der Waals surface area (Å²) in [4.78, 5) is 0. The van der Waals surface area contributed by atoms with Gasteiger partial charge < -0.3 is 4.48 Å². The van der Waals surface area contributed by atoms with Crippen molar-refractivity contribution >= 4 is 0 Å². The maximum absolute atomic E-state index is 2.42. The van der Waals surface area contributed by atoms with Crippen molar-refractivity contribution < 1.29 is 4.48 Å². The third-order valence-electron chi connectivity index (χ3n) is 4.80. The molecule has 2 unspecified atom stereocenters. The molecular formula is C17H38N+. The molecule has 0 aliphatic rings. The van der Waals surface area contributed by atoms with Gasteiger partial charge in [-0.2, -0.15) is 0 Å². The van der Waals surface area contributed by atoms with Gasteiger partial charge in [-0.3, -0.25) is 0 Å². The summed E-state index contributed by atoms with van der Waals surface area (Å²) in [7, 11) is 0. The highest BCUT2D eigenvalue weighted by atomic mass is 15.3. The minimum atomic E-state index is 0.834. The normalized spacial score (nSPS) is 16.8. The quantitative estimate of drug-likeness (QED) is 0.356. The molecule has 0 saturated heterocycles. The van der Waals surface area contributed by atoms with Crippen molar-refractivity contribution in [3.63, 3.8) is 0 Å². The van der Waals surface area contributed by atoms with E-state index in [-0.39, 0.29) is 0 Å². The van der Waals surface area contributed by atoms with Crippen molar-refractivity contribution in [3.8, 4) is 0 Å². The van der Waals surface area contributed by atoms with Crippen LogP contribution >= 0.6 is 0 Å². The maximum atomic E-state index is 2.42. The molecule has 0 aromatic heterocycles. The summed E-state index contributed by atoms with van der Waals surface area (Å²) in [5, 5.41) is 0. The van der Waals surface area contributed by atoms with E-state index in [9.17, 15) is 0 Å². The van der Waals surface area contributed by atoms with E-state index < -0.39 is 0 Å². The molecule has 18 heavy (non-hydrogen) atoms. The number of hydrogen-bond acceptors (Lipinski definition) is 0. The zero-order valence-corrected chi connectivity index (χ0v) is 14.0. The fourth-order valence-electron chi connectivity index (χ4n) is 2.79. The van der Waals surface area contributed by atoms with Gasteiger partial charge in [0, 0.05) is 0 Å². The van der Waals surface area contributed by atoms with E-state index in [1.807, 2.05) is 0 Å². The Morgan fingerprint density at radius 1 is 0.778 bits per heavy atom. The predicted molar refractivity (Wildman–Crippen MR) is 83.8 cm³/mol. The molecule has 2 atom stereocenters. The molecule has 0 aliphatic heterocycles. The summed E-state index contributed by atoms with van der Waals surface area (Å²) in [6.07, 6.45) is 6.90. The Hall–Kier alpha value is -0.0400. The van der Waals surface area contributed by atoms with E-state index in [1.165, 1.54) is 62.8 Å². The first kappa shape index (κ1) is 18.0. The van der Waals surface area contributed by atoms with Crippen molar-refractivity contribution in [2.24, 2.45) is 11.8 Å². The highest BCUT2D eigenvalue weighted by Crippen LogP contribution is 2.19. The largest absolute Gasteiger partial charge is 0.324 e. The van der Waals surface area contributed by atoms with Crippen LogP contribution in [0.25, 0.3) is 0 Å². The van der Waals surface area contributed by atoms with Gasteiger partial charge in [-0.15, -0.1) is 0 Å². The molecule has 0 aromatic rings. The van der Waals surface area contributed by atoms with Gasteiger partial charge >= 0.3 is 0 Å². The number of nitrogens with zero attached hydrogens (tertiary/aromatic N) is 1. The van der Waals surface area contributed by atoms with Crippen molar-refractivity contribution in [2.75, 3.05) is 26.2 Å². The van der Waals surface area contributed by atoms with Gasteiger partial charge in [0.25, 0.3) is 0 Å². The van der Waals surface area contributed by atoms with E-state index in [0.717, 1.165) is 11.8 Å². The van der Waals surface area contributed by atoms with Crippen LogP contribution in [0, 0.1) is 11.8 Å². The fourth-order valence-corrected chi connectivity index (χ4v) is 2.79. The zero-order chi connectivity index (χ0) is 14.0. The summed E-state index contributed by atoms with van der Waals surface area (Å²) in [6, 6.07) is 0. The van der Waals surface area contributed by atoms with Crippen LogP contribution in [0.15, 0.2) is 0 Å². The monoisotopic (exact) mass is 256 g/mol. The molecule has 0 N–H and O–H groups in total. The topological polar surface area (TPSA) is 0 Å². The summed E-state index contributed by atoms with van der Waals surface area (Å²) in [5.41, 5.74) is 0. The lowest BCUT2D eigenvalue weighted by atomic mass is 9.94. The number of unbranched alkanes of at least 4 members (excludes halogenated alkanes) is 2. The summed E-state index contributed by atoms with van der Waals surface area (Å²) in [6.45, 7) is 19.7. The Kier molecular flexibility index (Phi) is 9.81. The van der Waals surface area contributed by atoms with E-state index in [1.54, 1.807) is 0 Å². The first-order valence-electron chi connectivity index (χ1n) is 8.36. The lowest BCUT2D eigenvalue weighted by Gasteiger charge is -2.39. The van der Waals surface area contributed by atoms with Crippen LogP contribution in [0.4, 0.5) is 0 Å². The standard InChI is InChI=1S/C17H38N/c1-7-10-11-14-18(9-3,13-8-2)15-12-17(6)16(4)5/h16-17H,7-15H2,1-6H3/q+1. The van der Waals surface area contributed by atoms with E-state index in [2.05, 4.69) is 41.5 Å². The van der Waals surface area contributed by atoms with Crippen LogP contribution in [-0.4, -0.2) is 30.7 Å². The maximum Gasteiger partial charge on any atom is 0.0789 e. The first-order chi connectivity index (χ1) is 8.51. The molecule has 0 aromatic carbocycles. The SMILES string of the molecule is CCCCC[N+](CC)(CCC)CCC(C)C(C)C. The number of rotatable bonds is 11. The highest BCUT2D eigenvalue weighted by molar-refractivity contribution is 4.58. The Labute approximate surface area is 117 Å². The highest BCUT2D eigenvalue weighted by Gasteiger charge is 2.24. The predicted octanol–water partition coefficient (Wildman–Crippen LogP) is 5.11. The van der Waals surface area contributed by atoms with Gasteiger partial charge in [0.15, 0.2) is 0 Å². The molecule has 1 heteroatoms. The molecule has 0 radical (unpaired) electrons. The lowest BCUT2D eigenvalue weighted by molar-refractivity contribution is -0.927. The lowest BCUT2D eigenvalue weighted by Crippen LogP contribution is -2.50. The average Bonchev–Trinajstić information content (AvgIpc) is 2.35. The summed E-state index contributed by atoms with van der Waals surface area (Å²) in [5.74, 6) is 1.71. The van der Waals surface area contributed by atoms with Gasteiger partial charge in [0.2, 0.25) is 0 Å². The van der Waals surface area contributed by atoms with E-state index in [0.29, 0.717) is 0 Å².